The van der Waals surface area contributed by atoms with Gasteiger partial charge in [0, 0.05) is 6.61 Å². The Morgan fingerprint density at radius 3 is 2.62 bits per heavy atom. The molecular weight excluding hydrogens is 206 g/mol. The third kappa shape index (κ3) is 7.65. The molecule has 2 N–H and O–H groups in total. The van der Waals surface area contributed by atoms with E-state index in [-0.39, 0.29) is 18.6 Å². The molecule has 0 spiro atoms. The number of esters is 1. The number of aliphatic hydroxyl groups excluding tert-OH is 1. The van der Waals surface area contributed by atoms with Crippen LogP contribution in [0, 0.1) is 0 Å². The molecule has 0 aromatic carbocycles. The molecule has 0 aromatic rings. The summed E-state index contributed by atoms with van der Waals surface area (Å²) in [5, 5.41) is 11.8. The maximum atomic E-state index is 11.4. The molecule has 0 saturated carbocycles. The van der Waals surface area contributed by atoms with Gasteiger partial charge in [0.1, 0.15) is 6.04 Å². The quantitative estimate of drug-likeness (QED) is 0.441. The van der Waals surface area contributed by atoms with Crippen LogP contribution in [0.2, 0.25) is 0 Å². The van der Waals surface area contributed by atoms with Crippen molar-refractivity contribution in [2.75, 3.05) is 20.3 Å². The van der Waals surface area contributed by atoms with E-state index in [1.54, 1.807) is 0 Å². The number of methoxy groups -OCH3 is 1. The molecule has 1 atom stereocenters. The topological polar surface area (TPSA) is 58.6 Å². The number of unbranched alkanes of at least 4 members (excludes halogenated alkanes) is 3. The van der Waals surface area contributed by atoms with Crippen molar-refractivity contribution in [3.05, 3.63) is 0 Å². The molecule has 16 heavy (non-hydrogen) atoms. The van der Waals surface area contributed by atoms with E-state index in [0.29, 0.717) is 0 Å². The summed E-state index contributed by atoms with van der Waals surface area (Å²) in [5.41, 5.74) is 0. The Morgan fingerprint density at radius 2 is 2.06 bits per heavy atom. The minimum absolute atomic E-state index is 0.168. The second-order valence-corrected chi connectivity index (χ2v) is 3.96. The van der Waals surface area contributed by atoms with Crippen molar-refractivity contribution in [1.29, 1.82) is 0 Å². The Balaban J connectivity index is 3.69. The van der Waals surface area contributed by atoms with E-state index in [2.05, 4.69) is 12.2 Å². The van der Waals surface area contributed by atoms with Crippen LogP contribution in [0.4, 0.5) is 0 Å². The van der Waals surface area contributed by atoms with Gasteiger partial charge in [-0.15, -0.1) is 0 Å². The standard InChI is InChI=1S/C12H25NO3/c1-3-4-8-11(12(15)16-2)13-9-6-5-7-10-14/h11,13-14H,3-10H2,1-2H3. The number of nitrogens with one attached hydrogen (secondary N) is 1. The number of carbonyl (C=O) groups is 1. The summed E-state index contributed by atoms with van der Waals surface area (Å²) in [5.74, 6) is -0.171. The van der Waals surface area contributed by atoms with Crippen LogP contribution in [0.3, 0.4) is 0 Å². The molecule has 0 aliphatic rings. The maximum Gasteiger partial charge on any atom is 0.322 e. The lowest BCUT2D eigenvalue weighted by Gasteiger charge is -2.15. The van der Waals surface area contributed by atoms with E-state index in [9.17, 15) is 4.79 Å². The summed E-state index contributed by atoms with van der Waals surface area (Å²) in [6.45, 7) is 3.16. The Labute approximate surface area is 98.4 Å². The zero-order chi connectivity index (χ0) is 12.2. The number of carbonyl (C=O) groups excluding carboxylic acids is 1. The second kappa shape index (κ2) is 10.9. The van der Waals surface area contributed by atoms with Gasteiger partial charge in [-0.25, -0.2) is 0 Å². The molecular formula is C12H25NO3. The Kier molecular flexibility index (Phi) is 10.5. The lowest BCUT2D eigenvalue weighted by atomic mass is 10.1. The Bertz CT molecular complexity index is 174. The van der Waals surface area contributed by atoms with Crippen molar-refractivity contribution in [2.24, 2.45) is 0 Å². The van der Waals surface area contributed by atoms with Gasteiger partial charge in [-0.3, -0.25) is 4.79 Å². The fourth-order valence-corrected chi connectivity index (χ4v) is 1.54. The van der Waals surface area contributed by atoms with Gasteiger partial charge in [-0.2, -0.15) is 0 Å². The molecule has 96 valence electrons. The first-order valence-electron chi connectivity index (χ1n) is 6.18. The number of hydrogen-bond donors (Lipinski definition) is 2. The van der Waals surface area contributed by atoms with Crippen molar-refractivity contribution in [3.63, 3.8) is 0 Å². The predicted octanol–water partition coefficient (Wildman–Crippen LogP) is 1.47. The van der Waals surface area contributed by atoms with Crippen LogP contribution >= 0.6 is 0 Å². The van der Waals surface area contributed by atoms with Crippen molar-refractivity contribution < 1.29 is 14.6 Å². The number of hydrogen-bond acceptors (Lipinski definition) is 4. The minimum Gasteiger partial charge on any atom is -0.468 e. The average Bonchev–Trinajstić information content (AvgIpc) is 2.31. The first-order valence-corrected chi connectivity index (χ1v) is 6.18. The monoisotopic (exact) mass is 231 g/mol. The molecule has 0 aliphatic heterocycles. The highest BCUT2D eigenvalue weighted by atomic mass is 16.5. The smallest absolute Gasteiger partial charge is 0.322 e. The molecule has 0 rings (SSSR count). The van der Waals surface area contributed by atoms with E-state index in [0.717, 1.165) is 45.1 Å². The van der Waals surface area contributed by atoms with E-state index < -0.39 is 0 Å². The molecule has 4 heteroatoms. The fourth-order valence-electron chi connectivity index (χ4n) is 1.54. The average molecular weight is 231 g/mol. The maximum absolute atomic E-state index is 11.4. The third-order valence-corrected chi connectivity index (χ3v) is 2.56. The van der Waals surface area contributed by atoms with E-state index in [4.69, 9.17) is 9.84 Å². The largest absolute Gasteiger partial charge is 0.468 e. The van der Waals surface area contributed by atoms with Gasteiger partial charge >= 0.3 is 5.97 Å². The first-order chi connectivity index (χ1) is 7.76. The lowest BCUT2D eigenvalue weighted by Crippen LogP contribution is -2.38. The SMILES string of the molecule is CCCCC(NCCCCCO)C(=O)OC. The minimum atomic E-state index is -0.171. The normalized spacial score (nSPS) is 12.4. The summed E-state index contributed by atoms with van der Waals surface area (Å²) in [4.78, 5) is 11.4. The molecule has 0 radical (unpaired) electrons. The van der Waals surface area contributed by atoms with Gasteiger partial charge in [0.05, 0.1) is 7.11 Å². The molecule has 1 unspecified atom stereocenters. The van der Waals surface area contributed by atoms with Crippen LogP contribution in [0.15, 0.2) is 0 Å². The molecule has 0 aromatic heterocycles. The summed E-state index contributed by atoms with van der Waals surface area (Å²) in [6.07, 6.45) is 5.76. The van der Waals surface area contributed by atoms with E-state index >= 15 is 0 Å². The molecule has 0 heterocycles. The summed E-state index contributed by atoms with van der Waals surface area (Å²) < 4.78 is 4.75. The van der Waals surface area contributed by atoms with Crippen molar-refractivity contribution in [2.45, 2.75) is 51.5 Å². The van der Waals surface area contributed by atoms with E-state index in [1.165, 1.54) is 7.11 Å². The van der Waals surface area contributed by atoms with Crippen molar-refractivity contribution in [3.8, 4) is 0 Å². The lowest BCUT2D eigenvalue weighted by molar-refractivity contribution is -0.143. The zero-order valence-corrected chi connectivity index (χ0v) is 10.5. The highest BCUT2D eigenvalue weighted by molar-refractivity contribution is 5.75. The van der Waals surface area contributed by atoms with Gasteiger partial charge in [-0.1, -0.05) is 19.8 Å². The van der Waals surface area contributed by atoms with Crippen molar-refractivity contribution >= 4 is 5.97 Å². The zero-order valence-electron chi connectivity index (χ0n) is 10.5. The van der Waals surface area contributed by atoms with Gasteiger partial charge in [-0.05, 0) is 32.2 Å². The number of aliphatic hydroxyl groups is 1. The van der Waals surface area contributed by atoms with Crippen LogP contribution in [-0.2, 0) is 9.53 Å². The third-order valence-electron chi connectivity index (χ3n) is 2.56. The molecule has 0 aliphatic carbocycles. The molecule has 0 bridgehead atoms. The predicted molar refractivity (Wildman–Crippen MR) is 64.3 cm³/mol. The van der Waals surface area contributed by atoms with E-state index in [1.807, 2.05) is 0 Å². The van der Waals surface area contributed by atoms with Gasteiger partial charge in [0.25, 0.3) is 0 Å². The molecule has 0 saturated heterocycles. The summed E-state index contributed by atoms with van der Waals surface area (Å²) in [7, 11) is 1.43. The summed E-state index contributed by atoms with van der Waals surface area (Å²) >= 11 is 0. The van der Waals surface area contributed by atoms with Crippen LogP contribution in [0.25, 0.3) is 0 Å². The van der Waals surface area contributed by atoms with Gasteiger partial charge in [0.15, 0.2) is 0 Å². The molecule has 4 nitrogen and oxygen atoms in total. The van der Waals surface area contributed by atoms with Crippen LogP contribution in [0.1, 0.15) is 45.4 Å². The number of rotatable bonds is 10. The molecule has 0 fully saturated rings. The Morgan fingerprint density at radius 1 is 1.31 bits per heavy atom. The van der Waals surface area contributed by atoms with Crippen LogP contribution in [-0.4, -0.2) is 37.4 Å². The van der Waals surface area contributed by atoms with Crippen molar-refractivity contribution in [1.82, 2.24) is 5.32 Å². The number of ether oxygens (including phenoxy) is 1. The first kappa shape index (κ1) is 15.4. The van der Waals surface area contributed by atoms with Gasteiger partial charge in [0.2, 0.25) is 0 Å². The summed E-state index contributed by atoms with van der Waals surface area (Å²) in [6, 6.07) is -0.168. The second-order valence-electron chi connectivity index (χ2n) is 3.96. The highest BCUT2D eigenvalue weighted by Crippen LogP contribution is 2.03. The highest BCUT2D eigenvalue weighted by Gasteiger charge is 2.16. The fraction of sp³-hybridized carbons (Fsp3) is 0.917. The van der Waals surface area contributed by atoms with Gasteiger partial charge < -0.3 is 15.2 Å². The molecule has 0 amide bonds. The Hall–Kier alpha value is -0.610. The van der Waals surface area contributed by atoms with Crippen LogP contribution < -0.4 is 5.32 Å². The van der Waals surface area contributed by atoms with Crippen LogP contribution in [0.5, 0.6) is 0 Å².